The van der Waals surface area contributed by atoms with Crippen molar-refractivity contribution in [2.75, 3.05) is 13.2 Å². The number of benzene rings is 3. The standard InChI is InChI=1S/C34H34O8/c1-3-27(35)9-5-7-23-39-29-15-11-25(12-16-29)33(37)41-31-19-21-32(22-20-31)42-34(38)26-13-17-30(18-14-26)40-24-8-6-10-28(36)4-2/h3-4,11-22H,1-2,5-10,23-24H2. The second-order valence-electron chi connectivity index (χ2n) is 9.25. The van der Waals surface area contributed by atoms with E-state index in [4.69, 9.17) is 18.9 Å². The number of allylic oxidation sites excluding steroid dienone is 2. The Balaban J connectivity index is 1.40. The van der Waals surface area contributed by atoms with Crippen LogP contribution in [-0.2, 0) is 9.59 Å². The number of ketones is 2. The lowest BCUT2D eigenvalue weighted by atomic mass is 10.2. The Kier molecular flexibility index (Phi) is 12.7. The van der Waals surface area contributed by atoms with Crippen molar-refractivity contribution in [3.63, 3.8) is 0 Å². The van der Waals surface area contributed by atoms with Crippen molar-refractivity contribution in [1.29, 1.82) is 0 Å². The third-order valence-corrected chi connectivity index (χ3v) is 6.05. The number of rotatable bonds is 18. The van der Waals surface area contributed by atoms with E-state index in [1.54, 1.807) is 48.5 Å². The van der Waals surface area contributed by atoms with Crippen LogP contribution in [0.2, 0.25) is 0 Å². The molecule has 0 N–H and O–H groups in total. The van der Waals surface area contributed by atoms with Gasteiger partial charge in [0.15, 0.2) is 11.6 Å². The van der Waals surface area contributed by atoms with E-state index in [9.17, 15) is 19.2 Å². The molecule has 0 aliphatic rings. The van der Waals surface area contributed by atoms with Gasteiger partial charge in [-0.25, -0.2) is 9.59 Å². The highest BCUT2D eigenvalue weighted by Crippen LogP contribution is 2.21. The Bertz CT molecular complexity index is 1250. The smallest absolute Gasteiger partial charge is 0.343 e. The van der Waals surface area contributed by atoms with Gasteiger partial charge in [0.25, 0.3) is 0 Å². The topological polar surface area (TPSA) is 105 Å². The van der Waals surface area contributed by atoms with Crippen LogP contribution in [0.1, 0.15) is 59.2 Å². The first-order valence-electron chi connectivity index (χ1n) is 13.7. The molecular formula is C34H34O8. The van der Waals surface area contributed by atoms with Gasteiger partial charge in [-0.05, 0) is 111 Å². The first kappa shape index (κ1) is 31.5. The van der Waals surface area contributed by atoms with E-state index in [-0.39, 0.29) is 11.6 Å². The van der Waals surface area contributed by atoms with E-state index in [2.05, 4.69) is 13.2 Å². The first-order valence-corrected chi connectivity index (χ1v) is 13.7. The van der Waals surface area contributed by atoms with Crippen LogP contribution >= 0.6 is 0 Å². The summed E-state index contributed by atoms with van der Waals surface area (Å²) in [4.78, 5) is 47.5. The number of hydrogen-bond acceptors (Lipinski definition) is 8. The molecule has 0 amide bonds. The largest absolute Gasteiger partial charge is 0.494 e. The van der Waals surface area contributed by atoms with Gasteiger partial charge in [-0.2, -0.15) is 0 Å². The van der Waals surface area contributed by atoms with Crippen LogP contribution in [0.15, 0.2) is 98.1 Å². The molecule has 0 bridgehead atoms. The van der Waals surface area contributed by atoms with Crippen molar-refractivity contribution in [3.05, 3.63) is 109 Å². The molecule has 0 aromatic heterocycles. The van der Waals surface area contributed by atoms with Crippen LogP contribution < -0.4 is 18.9 Å². The van der Waals surface area contributed by atoms with E-state index in [0.717, 1.165) is 25.7 Å². The lowest BCUT2D eigenvalue weighted by Gasteiger charge is -2.09. The molecule has 8 nitrogen and oxygen atoms in total. The molecule has 0 atom stereocenters. The Hall–Kier alpha value is -4.98. The fraction of sp³-hybridized carbons (Fsp3) is 0.235. The number of esters is 2. The third kappa shape index (κ3) is 10.9. The van der Waals surface area contributed by atoms with Gasteiger partial charge in [0.1, 0.15) is 23.0 Å². The van der Waals surface area contributed by atoms with E-state index in [1.165, 1.54) is 36.4 Å². The average molecular weight is 571 g/mol. The van der Waals surface area contributed by atoms with Crippen LogP contribution in [0.4, 0.5) is 0 Å². The van der Waals surface area contributed by atoms with Crippen molar-refractivity contribution in [2.24, 2.45) is 0 Å². The molecule has 3 aromatic rings. The van der Waals surface area contributed by atoms with Gasteiger partial charge in [-0.1, -0.05) is 13.2 Å². The second kappa shape index (κ2) is 17.0. The first-order chi connectivity index (χ1) is 20.4. The van der Waals surface area contributed by atoms with Crippen molar-refractivity contribution in [3.8, 4) is 23.0 Å². The van der Waals surface area contributed by atoms with E-state index >= 15 is 0 Å². The maximum Gasteiger partial charge on any atom is 0.343 e. The van der Waals surface area contributed by atoms with Crippen molar-refractivity contribution >= 4 is 23.5 Å². The maximum absolute atomic E-state index is 12.5. The molecule has 3 rings (SSSR count). The van der Waals surface area contributed by atoms with Gasteiger partial charge >= 0.3 is 11.9 Å². The molecule has 0 saturated carbocycles. The molecule has 0 fully saturated rings. The zero-order valence-corrected chi connectivity index (χ0v) is 23.4. The zero-order valence-electron chi connectivity index (χ0n) is 23.4. The predicted octanol–water partition coefficient (Wildman–Crippen LogP) is 6.73. The maximum atomic E-state index is 12.5. The zero-order chi connectivity index (χ0) is 30.2. The number of unbranched alkanes of at least 4 members (excludes halogenated alkanes) is 2. The molecule has 0 radical (unpaired) electrons. The molecule has 0 saturated heterocycles. The summed E-state index contributed by atoms with van der Waals surface area (Å²) < 4.78 is 22.1. The van der Waals surface area contributed by atoms with Crippen molar-refractivity contribution < 1.29 is 38.1 Å². The number of carbonyl (C=O) groups excluding carboxylic acids is 4. The summed E-state index contributed by atoms with van der Waals surface area (Å²) >= 11 is 0. The monoisotopic (exact) mass is 570 g/mol. The SMILES string of the molecule is C=CC(=O)CCCCOc1ccc(C(=O)Oc2ccc(OC(=O)c3ccc(OCCCCC(=O)C=C)cc3)cc2)cc1. The lowest BCUT2D eigenvalue weighted by molar-refractivity contribution is -0.115. The minimum Gasteiger partial charge on any atom is -0.494 e. The van der Waals surface area contributed by atoms with Gasteiger partial charge in [0.2, 0.25) is 0 Å². The Morgan fingerprint density at radius 1 is 0.500 bits per heavy atom. The summed E-state index contributed by atoms with van der Waals surface area (Å²) in [6.07, 6.45) is 6.46. The fourth-order valence-corrected chi connectivity index (χ4v) is 3.67. The van der Waals surface area contributed by atoms with Crippen LogP contribution in [0.5, 0.6) is 23.0 Å². The minimum absolute atomic E-state index is 0.0185. The van der Waals surface area contributed by atoms with Gasteiger partial charge in [0, 0.05) is 12.8 Å². The van der Waals surface area contributed by atoms with Crippen molar-refractivity contribution in [1.82, 2.24) is 0 Å². The quantitative estimate of drug-likeness (QED) is 0.0717. The van der Waals surface area contributed by atoms with Crippen LogP contribution in [-0.4, -0.2) is 36.7 Å². The van der Waals surface area contributed by atoms with Crippen LogP contribution in [0.25, 0.3) is 0 Å². The molecule has 8 heteroatoms. The third-order valence-electron chi connectivity index (χ3n) is 6.05. The molecule has 3 aromatic carbocycles. The summed E-state index contributed by atoms with van der Waals surface area (Å²) in [5.41, 5.74) is 0.703. The second-order valence-corrected chi connectivity index (χ2v) is 9.25. The number of hydrogen-bond donors (Lipinski definition) is 0. The average Bonchev–Trinajstić information content (AvgIpc) is 3.01. The van der Waals surface area contributed by atoms with Crippen LogP contribution in [0.3, 0.4) is 0 Å². The summed E-state index contributed by atoms with van der Waals surface area (Å²) in [7, 11) is 0. The lowest BCUT2D eigenvalue weighted by Crippen LogP contribution is -2.10. The van der Waals surface area contributed by atoms with E-state index in [1.807, 2.05) is 0 Å². The van der Waals surface area contributed by atoms with Crippen molar-refractivity contribution in [2.45, 2.75) is 38.5 Å². The Labute approximate surface area is 245 Å². The number of ether oxygens (including phenoxy) is 4. The molecule has 218 valence electrons. The molecule has 42 heavy (non-hydrogen) atoms. The molecule has 0 unspecified atom stereocenters. The minimum atomic E-state index is -0.540. The Morgan fingerprint density at radius 2 is 0.833 bits per heavy atom. The van der Waals surface area contributed by atoms with Gasteiger partial charge < -0.3 is 18.9 Å². The molecular weight excluding hydrogens is 536 g/mol. The molecule has 0 aliphatic heterocycles. The molecule has 0 spiro atoms. The van der Waals surface area contributed by atoms with Gasteiger partial charge in [-0.3, -0.25) is 9.59 Å². The fourth-order valence-electron chi connectivity index (χ4n) is 3.67. The summed E-state index contributed by atoms with van der Waals surface area (Å²) in [6.45, 7) is 7.83. The number of carbonyl (C=O) groups is 4. The van der Waals surface area contributed by atoms with E-state index in [0.29, 0.717) is 60.2 Å². The highest BCUT2D eigenvalue weighted by Gasteiger charge is 2.12. The highest BCUT2D eigenvalue weighted by atomic mass is 16.5. The van der Waals surface area contributed by atoms with Gasteiger partial charge in [-0.15, -0.1) is 0 Å². The molecule has 0 aliphatic carbocycles. The predicted molar refractivity (Wildman–Crippen MR) is 158 cm³/mol. The Morgan fingerprint density at radius 3 is 1.17 bits per heavy atom. The van der Waals surface area contributed by atoms with Crippen LogP contribution in [0, 0.1) is 0 Å². The normalized spacial score (nSPS) is 10.3. The molecule has 0 heterocycles. The highest BCUT2D eigenvalue weighted by molar-refractivity contribution is 5.92. The van der Waals surface area contributed by atoms with Gasteiger partial charge in [0.05, 0.1) is 24.3 Å². The summed E-state index contributed by atoms with van der Waals surface area (Å²) in [6, 6.07) is 19.3. The summed E-state index contributed by atoms with van der Waals surface area (Å²) in [5, 5.41) is 0. The van der Waals surface area contributed by atoms with E-state index < -0.39 is 11.9 Å². The summed E-state index contributed by atoms with van der Waals surface area (Å²) in [5.74, 6) is 0.778.